The second kappa shape index (κ2) is 8.98. The van der Waals surface area contributed by atoms with Gasteiger partial charge in [0.25, 0.3) is 5.69 Å². The van der Waals surface area contributed by atoms with Crippen LogP contribution in [0.1, 0.15) is 26.2 Å². The molecule has 1 aromatic rings. The summed E-state index contributed by atoms with van der Waals surface area (Å²) in [4.78, 5) is 36.3. The van der Waals surface area contributed by atoms with E-state index in [2.05, 4.69) is 10.3 Å². The predicted octanol–water partition coefficient (Wildman–Crippen LogP) is 1.84. The number of aliphatic carboxylic acids is 1. The molecule has 0 saturated carbocycles. The zero-order valence-corrected chi connectivity index (χ0v) is 12.8. The van der Waals surface area contributed by atoms with Gasteiger partial charge in [-0.1, -0.05) is 6.92 Å². The molecule has 0 bridgehead atoms. The van der Waals surface area contributed by atoms with E-state index < -0.39 is 16.9 Å². The number of nitrogens with one attached hydrogen (secondary N) is 1. The van der Waals surface area contributed by atoms with Gasteiger partial charge in [0.2, 0.25) is 5.91 Å². The van der Waals surface area contributed by atoms with Gasteiger partial charge in [-0.15, -0.1) is 11.8 Å². The maximum Gasteiger partial charge on any atom is 0.326 e. The van der Waals surface area contributed by atoms with E-state index in [9.17, 15) is 19.7 Å². The zero-order chi connectivity index (χ0) is 16.5. The first-order valence-electron chi connectivity index (χ1n) is 6.69. The number of rotatable bonds is 9. The molecule has 0 radical (unpaired) electrons. The average Bonchev–Trinajstić information content (AvgIpc) is 2.49. The minimum Gasteiger partial charge on any atom is -0.480 e. The molecule has 1 heterocycles. The lowest BCUT2D eigenvalue weighted by Crippen LogP contribution is -2.40. The summed E-state index contributed by atoms with van der Waals surface area (Å²) in [7, 11) is 0. The third kappa shape index (κ3) is 6.08. The lowest BCUT2D eigenvalue weighted by Gasteiger charge is -2.11. The molecule has 1 atom stereocenters. The molecule has 0 aliphatic carbocycles. The van der Waals surface area contributed by atoms with Crippen molar-refractivity contribution in [2.45, 2.75) is 37.3 Å². The lowest BCUT2D eigenvalue weighted by atomic mass is 10.2. The molecule has 120 valence electrons. The van der Waals surface area contributed by atoms with Gasteiger partial charge < -0.3 is 10.4 Å². The van der Waals surface area contributed by atoms with Gasteiger partial charge in [-0.25, -0.2) is 9.78 Å². The van der Waals surface area contributed by atoms with E-state index in [1.165, 1.54) is 24.0 Å². The van der Waals surface area contributed by atoms with E-state index in [0.717, 1.165) is 0 Å². The summed E-state index contributed by atoms with van der Waals surface area (Å²) in [6.45, 7) is 1.69. The minimum atomic E-state index is -1.04. The van der Waals surface area contributed by atoms with Gasteiger partial charge in [0, 0.05) is 12.5 Å². The number of carbonyl (C=O) groups is 2. The van der Waals surface area contributed by atoms with Crippen molar-refractivity contribution in [3.05, 3.63) is 28.4 Å². The molecule has 1 amide bonds. The molecule has 0 saturated heterocycles. The Morgan fingerprint density at radius 2 is 2.23 bits per heavy atom. The molecule has 0 aliphatic rings. The number of nitrogens with zero attached hydrogens (tertiary/aromatic N) is 2. The average molecular weight is 327 g/mol. The van der Waals surface area contributed by atoms with Crippen LogP contribution in [0.25, 0.3) is 0 Å². The summed E-state index contributed by atoms with van der Waals surface area (Å²) >= 11 is 1.38. The van der Waals surface area contributed by atoms with Crippen LogP contribution in [0.3, 0.4) is 0 Å². The predicted molar refractivity (Wildman–Crippen MR) is 80.7 cm³/mol. The van der Waals surface area contributed by atoms with Gasteiger partial charge in [0.15, 0.2) is 0 Å². The molecule has 8 nitrogen and oxygen atoms in total. The molecule has 22 heavy (non-hydrogen) atoms. The molecule has 9 heteroatoms. The van der Waals surface area contributed by atoms with E-state index >= 15 is 0 Å². The largest absolute Gasteiger partial charge is 0.480 e. The number of hydrogen-bond donors (Lipinski definition) is 2. The standard InChI is InChI=1S/C13H17N3O5S/c1-2-10(13(18)19)15-11(17)4-3-7-22-12-6-5-9(8-14-12)16(20)21/h5-6,8,10H,2-4,7H2,1H3,(H,15,17)(H,18,19). The number of nitro groups is 1. The molecule has 2 N–H and O–H groups in total. The topological polar surface area (TPSA) is 122 Å². The van der Waals surface area contributed by atoms with Gasteiger partial charge in [0.05, 0.1) is 9.95 Å². The molecule has 0 aliphatic heterocycles. The number of carbonyl (C=O) groups excluding carboxylic acids is 1. The van der Waals surface area contributed by atoms with Crippen molar-refractivity contribution >= 4 is 29.3 Å². The molecule has 0 spiro atoms. The Morgan fingerprint density at radius 1 is 1.50 bits per heavy atom. The molecular formula is C13H17N3O5S. The van der Waals surface area contributed by atoms with Crippen molar-refractivity contribution in [1.29, 1.82) is 0 Å². The Labute approximate surface area is 131 Å². The second-order valence-corrected chi connectivity index (χ2v) is 5.55. The highest BCUT2D eigenvalue weighted by Crippen LogP contribution is 2.19. The van der Waals surface area contributed by atoms with Crippen molar-refractivity contribution in [2.75, 3.05) is 5.75 Å². The number of carboxylic acids is 1. The summed E-state index contributed by atoms with van der Waals surface area (Å²) in [5.74, 6) is -0.728. The SMILES string of the molecule is CCC(NC(=O)CCCSc1ccc([N+](=O)[O-])cn1)C(=O)O. The van der Waals surface area contributed by atoms with E-state index in [0.29, 0.717) is 23.6 Å². The maximum absolute atomic E-state index is 11.6. The number of aromatic nitrogens is 1. The van der Waals surface area contributed by atoms with Gasteiger partial charge in [0.1, 0.15) is 12.2 Å². The number of thioether (sulfide) groups is 1. The van der Waals surface area contributed by atoms with Crippen LogP contribution < -0.4 is 5.32 Å². The molecular weight excluding hydrogens is 310 g/mol. The van der Waals surface area contributed by atoms with E-state index in [-0.39, 0.29) is 18.0 Å². The Kier molecular flexibility index (Phi) is 7.30. The normalized spacial score (nSPS) is 11.7. The lowest BCUT2D eigenvalue weighted by molar-refractivity contribution is -0.385. The highest BCUT2D eigenvalue weighted by Gasteiger charge is 2.16. The molecule has 1 aromatic heterocycles. The first kappa shape index (κ1) is 17.9. The fourth-order valence-corrected chi connectivity index (χ4v) is 2.37. The molecule has 0 aromatic carbocycles. The summed E-state index contributed by atoms with van der Waals surface area (Å²) in [5, 5.41) is 22.4. The first-order valence-corrected chi connectivity index (χ1v) is 7.68. The second-order valence-electron chi connectivity index (χ2n) is 4.43. The number of hydrogen-bond acceptors (Lipinski definition) is 6. The van der Waals surface area contributed by atoms with Gasteiger partial charge in [-0.05, 0) is 24.7 Å². The van der Waals surface area contributed by atoms with Crippen LogP contribution in [0.5, 0.6) is 0 Å². The van der Waals surface area contributed by atoms with Crippen molar-refractivity contribution in [1.82, 2.24) is 10.3 Å². The van der Waals surface area contributed by atoms with Crippen molar-refractivity contribution in [3.63, 3.8) is 0 Å². The minimum absolute atomic E-state index is 0.0667. The molecule has 0 fully saturated rings. The quantitative estimate of drug-likeness (QED) is 0.307. The fraction of sp³-hybridized carbons (Fsp3) is 0.462. The van der Waals surface area contributed by atoms with E-state index in [1.807, 2.05) is 0 Å². The zero-order valence-electron chi connectivity index (χ0n) is 12.0. The Hall–Kier alpha value is -2.16. The van der Waals surface area contributed by atoms with Gasteiger partial charge in [-0.2, -0.15) is 0 Å². The van der Waals surface area contributed by atoms with E-state index in [1.54, 1.807) is 13.0 Å². The van der Waals surface area contributed by atoms with E-state index in [4.69, 9.17) is 5.11 Å². The monoisotopic (exact) mass is 327 g/mol. The molecule has 1 rings (SSSR count). The summed E-state index contributed by atoms with van der Waals surface area (Å²) in [6.07, 6.45) is 2.31. The highest BCUT2D eigenvalue weighted by atomic mass is 32.2. The highest BCUT2D eigenvalue weighted by molar-refractivity contribution is 7.99. The Morgan fingerprint density at radius 3 is 2.73 bits per heavy atom. The van der Waals surface area contributed by atoms with Crippen molar-refractivity contribution < 1.29 is 19.6 Å². The summed E-state index contributed by atoms with van der Waals surface area (Å²) in [6, 6.07) is 2.08. The van der Waals surface area contributed by atoms with Crippen LogP contribution in [0.4, 0.5) is 5.69 Å². The number of pyridine rings is 1. The first-order chi connectivity index (χ1) is 10.4. The smallest absolute Gasteiger partial charge is 0.326 e. The summed E-state index contributed by atoms with van der Waals surface area (Å²) < 4.78 is 0. The van der Waals surface area contributed by atoms with Gasteiger partial charge in [-0.3, -0.25) is 14.9 Å². The summed E-state index contributed by atoms with van der Waals surface area (Å²) in [5.41, 5.74) is -0.0667. The van der Waals surface area contributed by atoms with Crippen LogP contribution in [0.2, 0.25) is 0 Å². The fourth-order valence-electron chi connectivity index (χ4n) is 1.58. The number of amides is 1. The van der Waals surface area contributed by atoms with Crippen LogP contribution in [-0.4, -0.2) is 38.7 Å². The Bertz CT molecular complexity index is 535. The third-order valence-electron chi connectivity index (χ3n) is 2.77. The van der Waals surface area contributed by atoms with Crippen LogP contribution in [0.15, 0.2) is 23.4 Å². The third-order valence-corrected chi connectivity index (χ3v) is 3.80. The van der Waals surface area contributed by atoms with Crippen LogP contribution in [0, 0.1) is 10.1 Å². The van der Waals surface area contributed by atoms with Gasteiger partial charge >= 0.3 is 5.97 Å². The maximum atomic E-state index is 11.6. The van der Waals surface area contributed by atoms with Crippen molar-refractivity contribution in [2.24, 2.45) is 0 Å². The van der Waals surface area contributed by atoms with Crippen LogP contribution in [-0.2, 0) is 9.59 Å². The Balaban J connectivity index is 2.28. The van der Waals surface area contributed by atoms with Crippen LogP contribution >= 0.6 is 11.8 Å². The number of carboxylic acid groups (broad SMARTS) is 1. The molecule has 1 unspecified atom stereocenters. The van der Waals surface area contributed by atoms with Crippen molar-refractivity contribution in [3.8, 4) is 0 Å².